The van der Waals surface area contributed by atoms with Crippen molar-refractivity contribution in [2.24, 2.45) is 23.2 Å². The van der Waals surface area contributed by atoms with E-state index in [4.69, 9.17) is 9.47 Å². The molecule has 1 aliphatic heterocycles. The van der Waals surface area contributed by atoms with E-state index in [1.165, 1.54) is 46.4 Å². The Balaban J connectivity index is 0.000000184. The summed E-state index contributed by atoms with van der Waals surface area (Å²) in [6, 6.07) is 13.1. The molecule has 4 saturated carbocycles. The third kappa shape index (κ3) is 7.44. The van der Waals surface area contributed by atoms with Crippen LogP contribution < -0.4 is 4.74 Å². The molecule has 0 radical (unpaired) electrons. The fraction of sp³-hybridized carbons (Fsp3) is 0.656. The molecule has 5 fully saturated rings. The number of hydrogen-bond donors (Lipinski definition) is 0. The number of benzene rings is 2. The van der Waals surface area contributed by atoms with Crippen molar-refractivity contribution >= 4 is 37.8 Å². The smallest absolute Gasteiger partial charge is 0.432 e. The van der Waals surface area contributed by atoms with Crippen molar-refractivity contribution in [2.45, 2.75) is 80.2 Å². The highest BCUT2D eigenvalue weighted by atomic mass is 32.2. The van der Waals surface area contributed by atoms with Crippen molar-refractivity contribution in [3.63, 3.8) is 0 Å². The quantitative estimate of drug-likeness (QED) is 0.0932. The second-order valence-electron chi connectivity index (χ2n) is 13.0. The van der Waals surface area contributed by atoms with Crippen molar-refractivity contribution < 1.29 is 53.9 Å². The molecule has 4 bridgehead atoms. The molecule has 256 valence electrons. The van der Waals surface area contributed by atoms with Crippen LogP contribution in [-0.2, 0) is 35.3 Å². The number of halogens is 5. The number of methoxy groups -OCH3 is 1. The van der Waals surface area contributed by atoms with E-state index in [1.807, 2.05) is 0 Å². The zero-order valence-electron chi connectivity index (χ0n) is 25.5. The third-order valence-electron chi connectivity index (χ3n) is 9.61. The van der Waals surface area contributed by atoms with Gasteiger partial charge in [-0.2, -0.15) is 22.0 Å². The summed E-state index contributed by atoms with van der Waals surface area (Å²) in [6.45, 7) is 1.23. The van der Waals surface area contributed by atoms with E-state index >= 15 is 0 Å². The summed E-state index contributed by atoms with van der Waals surface area (Å²) < 4.78 is 112. The van der Waals surface area contributed by atoms with E-state index in [9.17, 15) is 39.7 Å². The molecule has 1 unspecified atom stereocenters. The van der Waals surface area contributed by atoms with E-state index in [0.29, 0.717) is 24.1 Å². The van der Waals surface area contributed by atoms with Crippen LogP contribution in [0.3, 0.4) is 0 Å². The van der Waals surface area contributed by atoms with Crippen LogP contribution in [-0.4, -0.2) is 68.3 Å². The lowest BCUT2D eigenvalue weighted by molar-refractivity contribution is -0.266. The Labute approximate surface area is 268 Å². The van der Waals surface area contributed by atoms with Gasteiger partial charge in [0.05, 0.1) is 12.0 Å². The molecular formula is C32H39F5O7S2. The van der Waals surface area contributed by atoms with Gasteiger partial charge < -0.3 is 18.8 Å². The predicted molar refractivity (Wildman–Crippen MR) is 162 cm³/mol. The molecule has 0 spiro atoms. The summed E-state index contributed by atoms with van der Waals surface area (Å²) in [4.78, 5) is 13.9. The highest BCUT2D eigenvalue weighted by Crippen LogP contribution is 2.60. The molecule has 1 heterocycles. The van der Waals surface area contributed by atoms with Gasteiger partial charge in [0.1, 0.15) is 23.9 Å². The van der Waals surface area contributed by atoms with Gasteiger partial charge in [-0.1, -0.05) is 18.2 Å². The Kier molecular flexibility index (Phi) is 10.5. The Morgan fingerprint density at radius 2 is 1.48 bits per heavy atom. The van der Waals surface area contributed by atoms with Gasteiger partial charge in [0.25, 0.3) is 6.10 Å². The Morgan fingerprint density at radius 1 is 0.913 bits per heavy atom. The van der Waals surface area contributed by atoms with Crippen LogP contribution in [0.15, 0.2) is 41.3 Å². The highest BCUT2D eigenvalue weighted by molar-refractivity contribution is 7.97. The molecule has 0 aromatic heterocycles. The lowest BCUT2D eigenvalue weighted by Crippen LogP contribution is -2.56. The number of hydrogen-bond acceptors (Lipinski definition) is 7. The average molecular weight is 695 g/mol. The molecule has 46 heavy (non-hydrogen) atoms. The van der Waals surface area contributed by atoms with Gasteiger partial charge in [0.2, 0.25) is 0 Å². The standard InChI is InChI=1S/C18H23O2S.C14H17F5O5S/c1-19-11-12-20-17-9-10-18(21-13-5-2-6-14-21)16-8-4-3-7-15(16)17;15-13(16,17)10(14(18,19)25(21,22)23)24-11(20)12-4-7-1-8(5-12)3-9(2-7)6-12/h3-4,7-10H,2,5-6,11-14H2,1H3;7-10H,1-6H2,(H,21,22,23)/q+1;/p-1. The number of rotatable bonds is 9. The number of alkyl halides is 5. The summed E-state index contributed by atoms with van der Waals surface area (Å²) in [7, 11) is -4.54. The van der Waals surface area contributed by atoms with E-state index in [2.05, 4.69) is 41.1 Å². The minimum Gasteiger partial charge on any atom is -0.743 e. The van der Waals surface area contributed by atoms with Gasteiger partial charge >= 0.3 is 17.4 Å². The lowest BCUT2D eigenvalue weighted by Gasteiger charge is -2.55. The predicted octanol–water partition coefficient (Wildman–Crippen LogP) is 6.84. The molecule has 7 nitrogen and oxygen atoms in total. The topological polar surface area (TPSA) is 102 Å². The van der Waals surface area contributed by atoms with Crippen molar-refractivity contribution in [1.82, 2.24) is 0 Å². The summed E-state index contributed by atoms with van der Waals surface area (Å²) >= 11 is 0. The van der Waals surface area contributed by atoms with Crippen LogP contribution in [0.1, 0.15) is 57.8 Å². The maximum absolute atomic E-state index is 13.5. The fourth-order valence-electron chi connectivity index (χ4n) is 7.96. The maximum atomic E-state index is 13.5. The van der Waals surface area contributed by atoms with Crippen LogP contribution in [0.25, 0.3) is 10.8 Å². The molecule has 2 aromatic carbocycles. The molecule has 7 rings (SSSR count). The number of carbonyl (C=O) groups is 1. The molecule has 14 heteroatoms. The van der Waals surface area contributed by atoms with Crippen molar-refractivity contribution in [2.75, 3.05) is 31.8 Å². The number of fused-ring (bicyclic) bond motifs is 1. The van der Waals surface area contributed by atoms with Crippen LogP contribution in [0.4, 0.5) is 22.0 Å². The van der Waals surface area contributed by atoms with Gasteiger partial charge in [0.15, 0.2) is 15.0 Å². The van der Waals surface area contributed by atoms with E-state index < -0.39 is 39.0 Å². The summed E-state index contributed by atoms with van der Waals surface area (Å²) in [6.07, 6.45) is -2.75. The first-order valence-electron chi connectivity index (χ1n) is 15.6. The van der Waals surface area contributed by atoms with Gasteiger partial charge in [-0.05, 0) is 93.7 Å². The van der Waals surface area contributed by atoms with Crippen molar-refractivity contribution in [3.8, 4) is 5.75 Å². The van der Waals surface area contributed by atoms with Crippen molar-refractivity contribution in [3.05, 3.63) is 36.4 Å². The summed E-state index contributed by atoms with van der Waals surface area (Å²) in [5.74, 6) is 2.61. The zero-order chi connectivity index (χ0) is 33.3. The Bertz CT molecular complexity index is 1460. The van der Waals surface area contributed by atoms with E-state index in [-0.39, 0.29) is 37.0 Å². The van der Waals surface area contributed by atoms with Crippen LogP contribution in [0, 0.1) is 23.2 Å². The normalized spacial score (nSPS) is 27.2. The molecular weight excluding hydrogens is 655 g/mol. The summed E-state index contributed by atoms with van der Waals surface area (Å²) in [5.41, 5.74) is -1.29. The molecule has 0 N–H and O–H groups in total. The minimum atomic E-state index is -6.67. The highest BCUT2D eigenvalue weighted by Gasteiger charge is 2.65. The number of esters is 1. The minimum absolute atomic E-state index is 0.131. The van der Waals surface area contributed by atoms with Gasteiger partial charge in [-0.3, -0.25) is 4.79 Å². The molecule has 5 aliphatic rings. The first-order valence-corrected chi connectivity index (χ1v) is 18.5. The van der Waals surface area contributed by atoms with Crippen LogP contribution in [0.5, 0.6) is 5.75 Å². The average Bonchev–Trinajstić information content (AvgIpc) is 2.99. The SMILES string of the molecule is COCCOc1ccc([S+]2CCCCC2)c2ccccc12.O=C(OC(C(F)(F)F)C(F)(F)S(=O)(=O)[O-])C12CC3CC(CC(C3)C1)C2. The van der Waals surface area contributed by atoms with Crippen LogP contribution in [0.2, 0.25) is 0 Å². The van der Waals surface area contributed by atoms with Crippen molar-refractivity contribution in [1.29, 1.82) is 0 Å². The lowest BCUT2D eigenvalue weighted by atomic mass is 9.49. The maximum Gasteiger partial charge on any atom is 0.432 e. The fourth-order valence-corrected chi connectivity index (χ4v) is 10.9. The first kappa shape index (κ1) is 35.2. The van der Waals surface area contributed by atoms with Crippen LogP contribution >= 0.6 is 0 Å². The third-order valence-corrected chi connectivity index (χ3v) is 13.0. The Hall–Kier alpha value is -2.16. The number of ether oxygens (including phenoxy) is 3. The van der Waals surface area contributed by atoms with Gasteiger partial charge in [-0.25, -0.2) is 8.42 Å². The summed E-state index contributed by atoms with van der Waals surface area (Å²) in [5, 5.41) is -3.18. The molecule has 1 atom stereocenters. The second-order valence-corrected chi connectivity index (χ2v) is 16.6. The molecule has 1 saturated heterocycles. The van der Waals surface area contributed by atoms with Gasteiger partial charge in [0, 0.05) is 28.8 Å². The second kappa shape index (κ2) is 13.8. The van der Waals surface area contributed by atoms with E-state index in [1.54, 1.807) is 7.11 Å². The molecule has 2 aromatic rings. The zero-order valence-corrected chi connectivity index (χ0v) is 27.2. The first-order chi connectivity index (χ1) is 21.6. The Morgan fingerprint density at radius 3 is 2.00 bits per heavy atom. The van der Waals surface area contributed by atoms with Gasteiger partial charge in [-0.15, -0.1) is 0 Å². The molecule has 0 amide bonds. The van der Waals surface area contributed by atoms with E-state index in [0.717, 1.165) is 25.0 Å². The largest absolute Gasteiger partial charge is 0.743 e. The monoisotopic (exact) mass is 694 g/mol. The number of carbonyl (C=O) groups excluding carboxylic acids is 1. The molecule has 4 aliphatic carbocycles.